The van der Waals surface area contributed by atoms with Gasteiger partial charge in [-0.15, -0.1) is 0 Å². The van der Waals surface area contributed by atoms with Crippen LogP contribution in [0, 0.1) is 0 Å². The fourth-order valence-corrected chi connectivity index (χ4v) is 2.04. The fourth-order valence-electron chi connectivity index (χ4n) is 2.04. The number of H-pyrrole nitrogens is 1. The third kappa shape index (κ3) is 3.09. The highest BCUT2D eigenvalue weighted by Gasteiger charge is 2.31. The Hall–Kier alpha value is -2.05. The number of aromatic nitrogens is 3. The molecule has 1 atom stereocenters. The first-order valence-electron chi connectivity index (χ1n) is 6.01. The minimum Gasteiger partial charge on any atom is -0.496 e. The summed E-state index contributed by atoms with van der Waals surface area (Å²) in [5.74, 6) is 0.202. The van der Waals surface area contributed by atoms with Gasteiger partial charge in [0.05, 0.1) is 24.6 Å². The maximum absolute atomic E-state index is 12.7. The van der Waals surface area contributed by atoms with E-state index < -0.39 is 11.7 Å². The first-order chi connectivity index (χ1) is 9.41. The highest BCUT2D eigenvalue weighted by atomic mass is 19.4. The van der Waals surface area contributed by atoms with Crippen LogP contribution in [0.25, 0.3) is 0 Å². The van der Waals surface area contributed by atoms with Crippen LogP contribution in [0.5, 0.6) is 5.75 Å². The minimum absolute atomic E-state index is 0.0302. The van der Waals surface area contributed by atoms with E-state index >= 15 is 0 Å². The molecular weight excluding hydrogens is 271 g/mol. The predicted molar refractivity (Wildman–Crippen MR) is 66.5 cm³/mol. The predicted octanol–water partition coefficient (Wildman–Crippen LogP) is 3.18. The zero-order chi connectivity index (χ0) is 14.8. The van der Waals surface area contributed by atoms with Crippen molar-refractivity contribution in [2.24, 2.45) is 0 Å². The number of nitrogens with one attached hydrogen (secondary N) is 1. The van der Waals surface area contributed by atoms with E-state index in [-0.39, 0.29) is 11.7 Å². The van der Waals surface area contributed by atoms with Crippen molar-refractivity contribution in [1.82, 2.24) is 15.4 Å². The second-order valence-corrected chi connectivity index (χ2v) is 4.52. The van der Waals surface area contributed by atoms with Gasteiger partial charge in [-0.1, -0.05) is 13.0 Å². The molecule has 0 radical (unpaired) electrons. The Balaban J connectivity index is 2.27. The lowest BCUT2D eigenvalue weighted by molar-refractivity contribution is -0.137. The SMILES string of the molecule is COc1cc(C(F)(F)F)ccc1C(C)Cc1cn[nH]n1. The second-order valence-electron chi connectivity index (χ2n) is 4.52. The maximum Gasteiger partial charge on any atom is 0.416 e. The molecule has 1 heterocycles. The van der Waals surface area contributed by atoms with Gasteiger partial charge in [0, 0.05) is 0 Å². The molecule has 20 heavy (non-hydrogen) atoms. The molecule has 1 aromatic heterocycles. The number of ether oxygens (including phenoxy) is 1. The summed E-state index contributed by atoms with van der Waals surface area (Å²) in [6, 6.07) is 3.54. The third-order valence-electron chi connectivity index (χ3n) is 3.07. The molecule has 1 aromatic carbocycles. The molecule has 7 heteroatoms. The molecule has 0 bridgehead atoms. The number of aromatic amines is 1. The van der Waals surface area contributed by atoms with Crippen LogP contribution in [0.4, 0.5) is 13.2 Å². The molecule has 0 spiro atoms. The monoisotopic (exact) mass is 285 g/mol. The Bertz CT molecular complexity index is 567. The number of alkyl halides is 3. The Morgan fingerprint density at radius 3 is 2.65 bits per heavy atom. The molecule has 0 aliphatic heterocycles. The summed E-state index contributed by atoms with van der Waals surface area (Å²) in [4.78, 5) is 0. The number of halogens is 3. The van der Waals surface area contributed by atoms with Crippen molar-refractivity contribution in [2.75, 3.05) is 7.11 Å². The number of hydrogen-bond donors (Lipinski definition) is 1. The van der Waals surface area contributed by atoms with Crippen LogP contribution in [0.1, 0.15) is 29.7 Å². The highest BCUT2D eigenvalue weighted by molar-refractivity contribution is 5.41. The molecule has 1 unspecified atom stereocenters. The van der Waals surface area contributed by atoms with Crippen LogP contribution in [-0.4, -0.2) is 22.5 Å². The first kappa shape index (κ1) is 14.4. The normalized spacial score (nSPS) is 13.2. The molecule has 0 amide bonds. The van der Waals surface area contributed by atoms with Gasteiger partial charge in [0.2, 0.25) is 0 Å². The number of benzene rings is 1. The standard InChI is InChI=1S/C13H14F3N3O/c1-8(5-10-7-17-19-18-10)11-4-3-9(13(14,15)16)6-12(11)20-2/h3-4,6-8H,5H2,1-2H3,(H,17,18,19). The van der Waals surface area contributed by atoms with Crippen molar-refractivity contribution in [1.29, 1.82) is 0 Å². The van der Waals surface area contributed by atoms with E-state index in [2.05, 4.69) is 15.4 Å². The molecule has 2 rings (SSSR count). The van der Waals surface area contributed by atoms with E-state index in [1.165, 1.54) is 13.2 Å². The lowest BCUT2D eigenvalue weighted by atomic mass is 9.94. The number of methoxy groups -OCH3 is 1. The lowest BCUT2D eigenvalue weighted by Gasteiger charge is -2.16. The Labute approximate surface area is 114 Å². The molecular formula is C13H14F3N3O. The summed E-state index contributed by atoms with van der Waals surface area (Å²) in [6.45, 7) is 1.90. The van der Waals surface area contributed by atoms with Crippen LogP contribution in [-0.2, 0) is 12.6 Å². The summed E-state index contributed by atoms with van der Waals surface area (Å²) >= 11 is 0. The number of hydrogen-bond acceptors (Lipinski definition) is 3. The van der Waals surface area contributed by atoms with Gasteiger partial charge in [-0.2, -0.15) is 28.6 Å². The van der Waals surface area contributed by atoms with Crippen molar-refractivity contribution in [2.45, 2.75) is 25.4 Å². The lowest BCUT2D eigenvalue weighted by Crippen LogP contribution is -2.08. The summed E-state index contributed by atoms with van der Waals surface area (Å²) in [5, 5.41) is 10.1. The fraction of sp³-hybridized carbons (Fsp3) is 0.385. The topological polar surface area (TPSA) is 50.8 Å². The minimum atomic E-state index is -4.37. The summed E-state index contributed by atoms with van der Waals surface area (Å²) < 4.78 is 43.1. The van der Waals surface area contributed by atoms with Gasteiger partial charge >= 0.3 is 6.18 Å². The van der Waals surface area contributed by atoms with Gasteiger partial charge in [0.25, 0.3) is 0 Å². The van der Waals surface area contributed by atoms with E-state index in [0.29, 0.717) is 12.0 Å². The molecule has 0 fully saturated rings. The van der Waals surface area contributed by atoms with Crippen molar-refractivity contribution in [3.8, 4) is 5.75 Å². The molecule has 4 nitrogen and oxygen atoms in total. The Morgan fingerprint density at radius 1 is 1.35 bits per heavy atom. The zero-order valence-electron chi connectivity index (χ0n) is 11.0. The average molecular weight is 285 g/mol. The second kappa shape index (κ2) is 5.52. The van der Waals surface area contributed by atoms with Crippen LogP contribution in [0.2, 0.25) is 0 Å². The average Bonchev–Trinajstić information content (AvgIpc) is 2.89. The van der Waals surface area contributed by atoms with E-state index in [0.717, 1.165) is 17.8 Å². The quantitative estimate of drug-likeness (QED) is 0.938. The van der Waals surface area contributed by atoms with Gasteiger partial charge in [0.15, 0.2) is 0 Å². The third-order valence-corrected chi connectivity index (χ3v) is 3.07. The van der Waals surface area contributed by atoms with E-state index in [9.17, 15) is 13.2 Å². The highest BCUT2D eigenvalue weighted by Crippen LogP contribution is 2.36. The van der Waals surface area contributed by atoms with Gasteiger partial charge < -0.3 is 4.74 Å². The van der Waals surface area contributed by atoms with E-state index in [1.807, 2.05) is 6.92 Å². The summed E-state index contributed by atoms with van der Waals surface area (Å²) in [6.07, 6.45) is -2.22. The van der Waals surface area contributed by atoms with E-state index in [1.54, 1.807) is 6.20 Å². The van der Waals surface area contributed by atoms with Crippen molar-refractivity contribution in [3.05, 3.63) is 41.2 Å². The molecule has 2 aromatic rings. The van der Waals surface area contributed by atoms with Gasteiger partial charge in [0.1, 0.15) is 5.75 Å². The largest absolute Gasteiger partial charge is 0.496 e. The molecule has 0 aliphatic carbocycles. The first-order valence-corrected chi connectivity index (χ1v) is 6.01. The van der Waals surface area contributed by atoms with Crippen LogP contribution in [0.15, 0.2) is 24.4 Å². The van der Waals surface area contributed by atoms with Crippen LogP contribution >= 0.6 is 0 Å². The molecule has 1 N–H and O–H groups in total. The van der Waals surface area contributed by atoms with Crippen LogP contribution in [0.3, 0.4) is 0 Å². The smallest absolute Gasteiger partial charge is 0.416 e. The van der Waals surface area contributed by atoms with Crippen molar-refractivity contribution < 1.29 is 17.9 Å². The van der Waals surface area contributed by atoms with Crippen LogP contribution < -0.4 is 4.74 Å². The Morgan fingerprint density at radius 2 is 2.10 bits per heavy atom. The van der Waals surface area contributed by atoms with Gasteiger partial charge in [-0.25, -0.2) is 0 Å². The zero-order valence-corrected chi connectivity index (χ0v) is 11.0. The maximum atomic E-state index is 12.7. The van der Waals surface area contributed by atoms with Crippen molar-refractivity contribution >= 4 is 0 Å². The molecule has 0 saturated heterocycles. The molecule has 0 aliphatic rings. The summed E-state index contributed by atoms with van der Waals surface area (Å²) in [7, 11) is 1.36. The number of nitrogens with zero attached hydrogens (tertiary/aromatic N) is 2. The van der Waals surface area contributed by atoms with E-state index in [4.69, 9.17) is 4.74 Å². The summed E-state index contributed by atoms with van der Waals surface area (Å²) in [5.41, 5.74) is 0.745. The Kier molecular flexibility index (Phi) is 3.96. The van der Waals surface area contributed by atoms with Gasteiger partial charge in [-0.05, 0) is 30.0 Å². The van der Waals surface area contributed by atoms with Gasteiger partial charge in [-0.3, -0.25) is 0 Å². The van der Waals surface area contributed by atoms with Crippen molar-refractivity contribution in [3.63, 3.8) is 0 Å². The molecule has 0 saturated carbocycles. The number of rotatable bonds is 4. The molecule has 108 valence electrons.